The third kappa shape index (κ3) is 6.53. The number of aromatic nitrogens is 1. The number of ether oxygens (including phenoxy) is 1. The van der Waals surface area contributed by atoms with Gasteiger partial charge < -0.3 is 14.6 Å². The van der Waals surface area contributed by atoms with Crippen LogP contribution in [0.5, 0.6) is 0 Å². The summed E-state index contributed by atoms with van der Waals surface area (Å²) in [6.45, 7) is 5.50. The number of nitrogens with one attached hydrogen (secondary N) is 1. The maximum atomic E-state index is 12.8. The SMILES string of the molecule is CC(=O)N/C(=C/c1ccccc1)C(=O)OCC(=O)c1cc(C)n(CCc2ccccc2)c1C. The van der Waals surface area contributed by atoms with E-state index in [4.69, 9.17) is 4.74 Å². The number of carbonyl (C=O) groups is 3. The number of Topliss-reactive ketones (excluding diaryl/α,β-unsaturated/α-hetero) is 1. The molecule has 2 aromatic carbocycles. The van der Waals surface area contributed by atoms with Gasteiger partial charge in [0.15, 0.2) is 6.61 Å². The van der Waals surface area contributed by atoms with Crippen molar-refractivity contribution >= 4 is 23.7 Å². The van der Waals surface area contributed by atoms with Crippen LogP contribution in [0.4, 0.5) is 0 Å². The fourth-order valence-electron chi connectivity index (χ4n) is 3.65. The van der Waals surface area contributed by atoms with Gasteiger partial charge in [-0.1, -0.05) is 60.7 Å². The standard InChI is InChI=1S/C27H28N2O4/c1-19-16-24(20(2)29(19)15-14-22-10-6-4-7-11-22)26(31)18-33-27(32)25(28-21(3)30)17-23-12-8-5-9-13-23/h4-13,16-17H,14-15,18H2,1-3H3,(H,28,30)/b25-17+. The quantitative estimate of drug-likeness (QED) is 0.304. The molecule has 0 fully saturated rings. The monoisotopic (exact) mass is 444 g/mol. The number of ketones is 1. The molecule has 6 heteroatoms. The van der Waals surface area contributed by atoms with E-state index in [1.165, 1.54) is 18.6 Å². The first-order chi connectivity index (χ1) is 15.8. The van der Waals surface area contributed by atoms with Crippen LogP contribution >= 0.6 is 0 Å². The third-order valence-electron chi connectivity index (χ3n) is 5.32. The van der Waals surface area contributed by atoms with Gasteiger partial charge in [0.25, 0.3) is 0 Å². The molecule has 1 N–H and O–H groups in total. The smallest absolute Gasteiger partial charge is 0.355 e. The highest BCUT2D eigenvalue weighted by Gasteiger charge is 2.19. The van der Waals surface area contributed by atoms with Gasteiger partial charge in [0.1, 0.15) is 5.70 Å². The minimum Gasteiger partial charge on any atom is -0.453 e. The first kappa shape index (κ1) is 23.7. The lowest BCUT2D eigenvalue weighted by atomic mass is 10.1. The molecule has 0 aliphatic heterocycles. The lowest BCUT2D eigenvalue weighted by molar-refractivity contribution is -0.139. The maximum absolute atomic E-state index is 12.8. The minimum absolute atomic E-state index is 0.0187. The fraction of sp³-hybridized carbons (Fsp3) is 0.222. The molecule has 0 aliphatic rings. The van der Waals surface area contributed by atoms with Gasteiger partial charge in [0, 0.05) is 30.4 Å². The zero-order valence-electron chi connectivity index (χ0n) is 19.1. The zero-order valence-corrected chi connectivity index (χ0v) is 19.1. The molecule has 0 radical (unpaired) electrons. The van der Waals surface area contributed by atoms with E-state index >= 15 is 0 Å². The summed E-state index contributed by atoms with van der Waals surface area (Å²) in [4.78, 5) is 36.9. The first-order valence-electron chi connectivity index (χ1n) is 10.8. The Morgan fingerprint density at radius 1 is 0.970 bits per heavy atom. The van der Waals surface area contributed by atoms with Gasteiger partial charge in [-0.3, -0.25) is 9.59 Å². The van der Waals surface area contributed by atoms with Crippen LogP contribution in [-0.2, 0) is 27.3 Å². The van der Waals surface area contributed by atoms with Crippen LogP contribution in [0.15, 0.2) is 72.4 Å². The number of hydrogen-bond donors (Lipinski definition) is 1. The number of esters is 1. The summed E-state index contributed by atoms with van der Waals surface area (Å²) in [7, 11) is 0. The van der Waals surface area contributed by atoms with Crippen molar-refractivity contribution in [3.05, 3.63) is 101 Å². The van der Waals surface area contributed by atoms with Crippen molar-refractivity contribution in [3.63, 3.8) is 0 Å². The van der Waals surface area contributed by atoms with Crippen molar-refractivity contribution in [2.45, 2.75) is 33.7 Å². The van der Waals surface area contributed by atoms with Crippen molar-refractivity contribution in [1.82, 2.24) is 9.88 Å². The Bertz CT molecular complexity index is 1160. The zero-order chi connectivity index (χ0) is 23.8. The number of nitrogens with zero attached hydrogens (tertiary/aromatic N) is 1. The highest BCUT2D eigenvalue weighted by atomic mass is 16.5. The molecular formula is C27H28N2O4. The molecule has 0 aliphatic carbocycles. The maximum Gasteiger partial charge on any atom is 0.355 e. The molecule has 3 rings (SSSR count). The number of rotatable bonds is 9. The van der Waals surface area contributed by atoms with Crippen LogP contribution in [0.2, 0.25) is 0 Å². The Kier molecular flexibility index (Phi) is 7.97. The lowest BCUT2D eigenvalue weighted by Crippen LogP contribution is -2.27. The van der Waals surface area contributed by atoms with Crippen LogP contribution in [0.3, 0.4) is 0 Å². The number of benzene rings is 2. The van der Waals surface area contributed by atoms with Crippen LogP contribution < -0.4 is 5.32 Å². The Morgan fingerprint density at radius 2 is 1.61 bits per heavy atom. The van der Waals surface area contributed by atoms with E-state index in [1.54, 1.807) is 12.1 Å². The molecule has 1 aromatic heterocycles. The first-order valence-corrected chi connectivity index (χ1v) is 10.8. The van der Waals surface area contributed by atoms with E-state index in [-0.39, 0.29) is 11.5 Å². The van der Waals surface area contributed by atoms with E-state index in [0.29, 0.717) is 5.56 Å². The van der Waals surface area contributed by atoms with Crippen LogP contribution in [0.25, 0.3) is 6.08 Å². The predicted octanol–water partition coefficient (Wildman–Crippen LogP) is 4.25. The van der Waals surface area contributed by atoms with E-state index < -0.39 is 18.5 Å². The van der Waals surface area contributed by atoms with Gasteiger partial charge in [-0.2, -0.15) is 0 Å². The number of amides is 1. The van der Waals surface area contributed by atoms with Gasteiger partial charge in [0.2, 0.25) is 11.7 Å². The number of carbonyl (C=O) groups excluding carboxylic acids is 3. The molecule has 0 spiro atoms. The van der Waals surface area contributed by atoms with Gasteiger partial charge in [-0.25, -0.2) is 4.79 Å². The van der Waals surface area contributed by atoms with Crippen molar-refractivity contribution < 1.29 is 19.1 Å². The molecule has 1 heterocycles. The summed E-state index contributed by atoms with van der Waals surface area (Å²) < 4.78 is 7.34. The summed E-state index contributed by atoms with van der Waals surface area (Å²) >= 11 is 0. The van der Waals surface area contributed by atoms with E-state index in [1.807, 2.05) is 56.3 Å². The Labute approximate surface area is 193 Å². The molecule has 0 bridgehead atoms. The average molecular weight is 445 g/mol. The summed E-state index contributed by atoms with van der Waals surface area (Å²) in [5.41, 5.74) is 4.28. The van der Waals surface area contributed by atoms with Gasteiger partial charge >= 0.3 is 5.97 Å². The second-order valence-corrected chi connectivity index (χ2v) is 7.82. The van der Waals surface area contributed by atoms with E-state index in [9.17, 15) is 14.4 Å². The minimum atomic E-state index is -0.764. The third-order valence-corrected chi connectivity index (χ3v) is 5.32. The van der Waals surface area contributed by atoms with Crippen LogP contribution in [-0.4, -0.2) is 28.8 Å². The summed E-state index contributed by atoms with van der Waals surface area (Å²) in [6, 6.07) is 21.1. The summed E-state index contributed by atoms with van der Waals surface area (Å²) in [5.74, 6) is -1.45. The molecule has 1 amide bonds. The van der Waals surface area contributed by atoms with Crippen LogP contribution in [0.1, 0.15) is 39.8 Å². The highest BCUT2D eigenvalue weighted by molar-refractivity contribution is 6.02. The Morgan fingerprint density at radius 3 is 2.24 bits per heavy atom. The average Bonchev–Trinajstić information content (AvgIpc) is 3.09. The number of hydrogen-bond acceptors (Lipinski definition) is 4. The van der Waals surface area contributed by atoms with Crippen LogP contribution in [0, 0.1) is 13.8 Å². The molecule has 33 heavy (non-hydrogen) atoms. The summed E-state index contributed by atoms with van der Waals surface area (Å²) in [5, 5.41) is 2.48. The van der Waals surface area contributed by atoms with Gasteiger partial charge in [-0.15, -0.1) is 0 Å². The molecule has 3 aromatic rings. The molecular weight excluding hydrogens is 416 g/mol. The molecule has 6 nitrogen and oxygen atoms in total. The van der Waals surface area contributed by atoms with E-state index in [0.717, 1.165) is 29.9 Å². The lowest BCUT2D eigenvalue weighted by Gasteiger charge is -2.11. The van der Waals surface area contributed by atoms with Crippen molar-refractivity contribution in [1.29, 1.82) is 0 Å². The van der Waals surface area contributed by atoms with Crippen molar-refractivity contribution in [2.24, 2.45) is 0 Å². The summed E-state index contributed by atoms with van der Waals surface area (Å²) in [6.07, 6.45) is 2.37. The molecule has 0 saturated carbocycles. The molecule has 170 valence electrons. The fourth-order valence-corrected chi connectivity index (χ4v) is 3.65. The van der Waals surface area contributed by atoms with Gasteiger partial charge in [-0.05, 0) is 43.5 Å². The Balaban J connectivity index is 1.67. The van der Waals surface area contributed by atoms with Crippen molar-refractivity contribution in [3.8, 4) is 0 Å². The molecule has 0 atom stereocenters. The predicted molar refractivity (Wildman–Crippen MR) is 128 cm³/mol. The largest absolute Gasteiger partial charge is 0.453 e. The molecule has 0 unspecified atom stereocenters. The topological polar surface area (TPSA) is 77.4 Å². The number of aryl methyl sites for hydroxylation is 2. The normalized spacial score (nSPS) is 11.2. The Hall–Kier alpha value is -3.93. The second kappa shape index (κ2) is 11.1. The van der Waals surface area contributed by atoms with E-state index in [2.05, 4.69) is 22.0 Å². The highest BCUT2D eigenvalue weighted by Crippen LogP contribution is 2.17. The van der Waals surface area contributed by atoms with Crippen molar-refractivity contribution in [2.75, 3.05) is 6.61 Å². The van der Waals surface area contributed by atoms with Gasteiger partial charge in [0.05, 0.1) is 0 Å². The second-order valence-electron chi connectivity index (χ2n) is 7.82. The molecule has 0 saturated heterocycles.